The summed E-state index contributed by atoms with van der Waals surface area (Å²) in [4.78, 5) is 4.15. The van der Waals surface area contributed by atoms with E-state index in [9.17, 15) is 13.2 Å². The van der Waals surface area contributed by atoms with Crippen LogP contribution in [0.25, 0.3) is 11.3 Å². The normalized spacial score (nSPS) is 12.6. The van der Waals surface area contributed by atoms with Crippen LogP contribution in [0, 0.1) is 17.5 Å². The molecule has 126 valence electrons. The zero-order valence-electron chi connectivity index (χ0n) is 12.9. The number of amidine groups is 1. The summed E-state index contributed by atoms with van der Waals surface area (Å²) in [6, 6.07) is 6.49. The monoisotopic (exact) mass is 344 g/mol. The molecule has 0 saturated carbocycles. The van der Waals surface area contributed by atoms with Gasteiger partial charge in [-0.15, -0.1) is 0 Å². The number of aliphatic imine (C=N–C) groups is 1. The van der Waals surface area contributed by atoms with E-state index in [1.165, 1.54) is 25.4 Å². The van der Waals surface area contributed by atoms with Crippen LogP contribution in [0.15, 0.2) is 41.5 Å². The van der Waals surface area contributed by atoms with Crippen molar-refractivity contribution < 1.29 is 17.9 Å². The SMILES string of the molecule is COc1ccc2c(c1F)N=C(c1c(F)cccc1F)Nc1cn[nH]c1-2. The predicted molar refractivity (Wildman–Crippen MR) is 86.7 cm³/mol. The van der Waals surface area contributed by atoms with Gasteiger partial charge in [0, 0.05) is 5.56 Å². The number of benzene rings is 2. The van der Waals surface area contributed by atoms with Gasteiger partial charge in [0.25, 0.3) is 0 Å². The summed E-state index contributed by atoms with van der Waals surface area (Å²) < 4.78 is 48.1. The Morgan fingerprint density at radius 2 is 1.80 bits per heavy atom. The molecule has 25 heavy (non-hydrogen) atoms. The van der Waals surface area contributed by atoms with Gasteiger partial charge in [-0.2, -0.15) is 5.10 Å². The second-order valence-corrected chi connectivity index (χ2v) is 5.32. The standard InChI is InChI=1S/C17H11F3N4O/c1-25-12-6-5-8-15-11(7-21-24-15)22-17(23-16(8)14(12)20)13-9(18)3-2-4-10(13)19/h2-7H,1H3,(H,21,24)(H,22,23). The minimum atomic E-state index is -0.817. The summed E-state index contributed by atoms with van der Waals surface area (Å²) in [7, 11) is 1.32. The first-order chi connectivity index (χ1) is 12.1. The third-order valence-electron chi connectivity index (χ3n) is 3.89. The van der Waals surface area contributed by atoms with E-state index in [1.54, 1.807) is 6.07 Å². The first-order valence-corrected chi connectivity index (χ1v) is 7.30. The van der Waals surface area contributed by atoms with E-state index in [0.717, 1.165) is 12.1 Å². The van der Waals surface area contributed by atoms with Crippen molar-refractivity contribution in [3.05, 3.63) is 59.5 Å². The lowest BCUT2D eigenvalue weighted by atomic mass is 10.1. The number of rotatable bonds is 2. The summed E-state index contributed by atoms with van der Waals surface area (Å²) >= 11 is 0. The molecule has 3 aromatic rings. The van der Waals surface area contributed by atoms with Gasteiger partial charge in [-0.05, 0) is 24.3 Å². The van der Waals surface area contributed by atoms with Crippen molar-refractivity contribution in [2.24, 2.45) is 4.99 Å². The maximum Gasteiger partial charge on any atom is 0.191 e. The Kier molecular flexibility index (Phi) is 3.45. The lowest BCUT2D eigenvalue weighted by molar-refractivity contribution is 0.387. The number of nitrogens with zero attached hydrogens (tertiary/aromatic N) is 2. The number of halogens is 3. The van der Waals surface area contributed by atoms with Crippen molar-refractivity contribution >= 4 is 17.2 Å². The quantitative estimate of drug-likeness (QED) is 0.738. The number of fused-ring (bicyclic) bond motifs is 3. The first-order valence-electron chi connectivity index (χ1n) is 7.30. The van der Waals surface area contributed by atoms with E-state index in [4.69, 9.17) is 4.74 Å². The highest BCUT2D eigenvalue weighted by atomic mass is 19.1. The third kappa shape index (κ3) is 2.34. The highest BCUT2D eigenvalue weighted by molar-refractivity contribution is 6.13. The van der Waals surface area contributed by atoms with Crippen LogP contribution in [0.4, 0.5) is 24.5 Å². The molecule has 0 fully saturated rings. The van der Waals surface area contributed by atoms with E-state index in [0.29, 0.717) is 16.9 Å². The van der Waals surface area contributed by atoms with Gasteiger partial charge in [0.1, 0.15) is 23.2 Å². The summed E-state index contributed by atoms with van der Waals surface area (Å²) in [5.74, 6) is -2.56. The number of aromatic amines is 1. The summed E-state index contributed by atoms with van der Waals surface area (Å²) in [6.07, 6.45) is 1.43. The fraction of sp³-hybridized carbons (Fsp3) is 0.0588. The second kappa shape index (κ2) is 5.66. The van der Waals surface area contributed by atoms with Gasteiger partial charge in [-0.1, -0.05) is 6.07 Å². The van der Waals surface area contributed by atoms with Gasteiger partial charge in [0.15, 0.2) is 11.6 Å². The molecular weight excluding hydrogens is 333 g/mol. The highest BCUT2D eigenvalue weighted by Crippen LogP contribution is 2.41. The van der Waals surface area contributed by atoms with Crippen molar-refractivity contribution in [3.63, 3.8) is 0 Å². The lowest BCUT2D eigenvalue weighted by Crippen LogP contribution is -2.16. The molecule has 1 aliphatic heterocycles. The summed E-state index contributed by atoms with van der Waals surface area (Å²) in [5.41, 5.74) is 0.777. The lowest BCUT2D eigenvalue weighted by Gasteiger charge is -2.10. The molecule has 0 atom stereocenters. The van der Waals surface area contributed by atoms with Gasteiger partial charge in [-0.3, -0.25) is 5.10 Å². The molecule has 5 nitrogen and oxygen atoms in total. The van der Waals surface area contributed by atoms with Crippen molar-refractivity contribution in [3.8, 4) is 17.0 Å². The maximum atomic E-state index is 14.7. The third-order valence-corrected chi connectivity index (χ3v) is 3.89. The number of anilines is 1. The van der Waals surface area contributed by atoms with E-state index in [2.05, 4.69) is 20.5 Å². The largest absolute Gasteiger partial charge is 0.494 e. The first kappa shape index (κ1) is 15.3. The van der Waals surface area contributed by atoms with E-state index in [-0.39, 0.29) is 22.8 Å². The molecule has 0 saturated heterocycles. The minimum absolute atomic E-state index is 0.0289. The van der Waals surface area contributed by atoms with Crippen molar-refractivity contribution in [2.45, 2.75) is 0 Å². The Bertz CT molecular complexity index is 993. The van der Waals surface area contributed by atoms with E-state index >= 15 is 0 Å². The van der Waals surface area contributed by atoms with Gasteiger partial charge < -0.3 is 10.1 Å². The summed E-state index contributed by atoms with van der Waals surface area (Å²) in [6.45, 7) is 0. The van der Waals surface area contributed by atoms with E-state index < -0.39 is 17.5 Å². The maximum absolute atomic E-state index is 14.7. The Labute approximate surface area is 140 Å². The van der Waals surface area contributed by atoms with Crippen molar-refractivity contribution in [1.82, 2.24) is 10.2 Å². The molecule has 0 amide bonds. The predicted octanol–water partition coefficient (Wildman–Crippen LogP) is 4.01. The van der Waals surface area contributed by atoms with Crippen LogP contribution in [0.2, 0.25) is 0 Å². The Hall–Kier alpha value is -3.29. The average Bonchev–Trinajstić information content (AvgIpc) is 2.98. The molecule has 2 heterocycles. The molecule has 2 aromatic carbocycles. The van der Waals surface area contributed by atoms with Crippen LogP contribution >= 0.6 is 0 Å². The molecule has 0 aliphatic carbocycles. The number of hydrogen-bond acceptors (Lipinski definition) is 4. The molecular formula is C17H11F3N4O. The number of aromatic nitrogens is 2. The number of methoxy groups -OCH3 is 1. The zero-order valence-corrected chi connectivity index (χ0v) is 12.9. The van der Waals surface area contributed by atoms with Crippen LogP contribution < -0.4 is 10.1 Å². The summed E-state index contributed by atoms with van der Waals surface area (Å²) in [5, 5.41) is 9.46. The molecule has 2 N–H and O–H groups in total. The zero-order chi connectivity index (χ0) is 17.6. The van der Waals surface area contributed by atoms with Gasteiger partial charge in [0.05, 0.1) is 30.3 Å². The molecule has 1 aromatic heterocycles. The molecule has 0 unspecified atom stereocenters. The number of hydrogen-bond donors (Lipinski definition) is 2. The molecule has 0 radical (unpaired) electrons. The minimum Gasteiger partial charge on any atom is -0.494 e. The van der Waals surface area contributed by atoms with Crippen LogP contribution in [0.5, 0.6) is 5.75 Å². The van der Waals surface area contributed by atoms with Crippen molar-refractivity contribution in [2.75, 3.05) is 12.4 Å². The van der Waals surface area contributed by atoms with Crippen LogP contribution in [0.3, 0.4) is 0 Å². The van der Waals surface area contributed by atoms with Gasteiger partial charge in [0.2, 0.25) is 0 Å². The fourth-order valence-electron chi connectivity index (χ4n) is 2.71. The topological polar surface area (TPSA) is 62.3 Å². The van der Waals surface area contributed by atoms with Crippen LogP contribution in [-0.4, -0.2) is 23.1 Å². The second-order valence-electron chi connectivity index (χ2n) is 5.32. The molecule has 4 rings (SSSR count). The number of H-pyrrole nitrogens is 1. The van der Waals surface area contributed by atoms with Gasteiger partial charge in [-0.25, -0.2) is 18.2 Å². The number of ether oxygens (including phenoxy) is 1. The van der Waals surface area contributed by atoms with Gasteiger partial charge >= 0.3 is 0 Å². The van der Waals surface area contributed by atoms with Crippen LogP contribution in [-0.2, 0) is 0 Å². The highest BCUT2D eigenvalue weighted by Gasteiger charge is 2.25. The molecule has 0 bridgehead atoms. The smallest absolute Gasteiger partial charge is 0.191 e. The molecule has 0 spiro atoms. The van der Waals surface area contributed by atoms with E-state index in [1.807, 2.05) is 0 Å². The Balaban J connectivity index is 2.03. The Morgan fingerprint density at radius 3 is 2.52 bits per heavy atom. The van der Waals surface area contributed by atoms with Crippen molar-refractivity contribution in [1.29, 1.82) is 0 Å². The molecule has 8 heteroatoms. The fourth-order valence-corrected chi connectivity index (χ4v) is 2.71. The number of nitrogens with one attached hydrogen (secondary N) is 2. The molecule has 1 aliphatic rings. The van der Waals surface area contributed by atoms with Crippen LogP contribution in [0.1, 0.15) is 5.56 Å². The Morgan fingerprint density at radius 1 is 1.04 bits per heavy atom. The average molecular weight is 344 g/mol.